The van der Waals surface area contributed by atoms with Gasteiger partial charge in [0.25, 0.3) is 0 Å². The third-order valence-electron chi connectivity index (χ3n) is 3.86. The lowest BCUT2D eigenvalue weighted by Gasteiger charge is -2.10. The van der Waals surface area contributed by atoms with Gasteiger partial charge in [-0.2, -0.15) is 0 Å². The highest BCUT2D eigenvalue weighted by Crippen LogP contribution is 2.37. The fourth-order valence-corrected chi connectivity index (χ4v) is 2.68. The minimum absolute atomic E-state index is 0.255. The second-order valence-corrected chi connectivity index (χ2v) is 5.42. The van der Waals surface area contributed by atoms with Crippen LogP contribution in [-0.4, -0.2) is 22.1 Å². The molecule has 4 nitrogen and oxygen atoms in total. The summed E-state index contributed by atoms with van der Waals surface area (Å²) in [6, 6.07) is 9.67. The minimum Gasteiger partial charge on any atom is -0.478 e. The van der Waals surface area contributed by atoms with Gasteiger partial charge < -0.3 is 10.4 Å². The molecule has 2 unspecified atom stereocenters. The van der Waals surface area contributed by atoms with Crippen molar-refractivity contribution in [2.45, 2.75) is 32.2 Å². The van der Waals surface area contributed by atoms with Gasteiger partial charge in [0.2, 0.25) is 0 Å². The number of carbonyl (C=O) groups is 1. The van der Waals surface area contributed by atoms with Crippen molar-refractivity contribution in [3.05, 3.63) is 35.9 Å². The highest BCUT2D eigenvalue weighted by molar-refractivity contribution is 5.98. The number of aromatic nitrogens is 1. The van der Waals surface area contributed by atoms with Crippen molar-refractivity contribution in [1.29, 1.82) is 0 Å². The maximum absolute atomic E-state index is 11.4. The molecule has 1 saturated carbocycles. The number of hydrogen-bond donors (Lipinski definition) is 2. The number of rotatable bonds is 5. The number of benzene rings is 1. The number of hydrogen-bond acceptors (Lipinski definition) is 3. The summed E-state index contributed by atoms with van der Waals surface area (Å²) in [6.45, 7) is 2.17. The number of nitrogens with zero attached hydrogens (tertiary/aromatic N) is 1. The summed E-state index contributed by atoms with van der Waals surface area (Å²) < 4.78 is 0. The summed E-state index contributed by atoms with van der Waals surface area (Å²) in [5, 5.41) is 13.5. The summed E-state index contributed by atoms with van der Waals surface area (Å²) in [6.07, 6.45) is 3.47. The summed E-state index contributed by atoms with van der Waals surface area (Å²) in [4.78, 5) is 15.9. The van der Waals surface area contributed by atoms with E-state index in [4.69, 9.17) is 0 Å². The molecule has 0 aliphatic heterocycles. The van der Waals surface area contributed by atoms with E-state index in [-0.39, 0.29) is 5.56 Å². The van der Waals surface area contributed by atoms with Crippen LogP contribution in [0.1, 0.15) is 36.5 Å². The smallest absolute Gasteiger partial charge is 0.339 e. The van der Waals surface area contributed by atoms with Crippen molar-refractivity contribution in [2.24, 2.45) is 5.92 Å². The lowest BCUT2D eigenvalue weighted by molar-refractivity contribution is 0.0698. The first-order valence-corrected chi connectivity index (χ1v) is 7.08. The maximum Gasteiger partial charge on any atom is 0.339 e. The van der Waals surface area contributed by atoms with E-state index in [1.54, 1.807) is 6.07 Å². The average Bonchev–Trinajstić information content (AvgIpc) is 3.16. The van der Waals surface area contributed by atoms with Crippen LogP contribution in [0.25, 0.3) is 10.9 Å². The SMILES string of the molecule is CCCC1CC1Nc1nc2ccccc2cc1C(=O)O. The molecule has 1 aliphatic rings. The topological polar surface area (TPSA) is 62.2 Å². The molecule has 4 heteroatoms. The van der Waals surface area contributed by atoms with Gasteiger partial charge in [-0.25, -0.2) is 9.78 Å². The quantitative estimate of drug-likeness (QED) is 0.872. The van der Waals surface area contributed by atoms with Gasteiger partial charge in [0.1, 0.15) is 11.4 Å². The molecular weight excluding hydrogens is 252 g/mol. The molecule has 1 aliphatic carbocycles. The Labute approximate surface area is 117 Å². The first-order chi connectivity index (χ1) is 9.69. The molecule has 1 aromatic heterocycles. The standard InChI is InChI=1S/C16H18N2O2/c1-2-5-10-9-14(10)18-15-12(16(19)20)8-11-6-3-4-7-13(11)17-15/h3-4,6-8,10,14H,2,5,9H2,1H3,(H,17,18)(H,19,20). The number of fused-ring (bicyclic) bond motifs is 1. The van der Waals surface area contributed by atoms with Crippen LogP contribution < -0.4 is 5.32 Å². The number of aromatic carboxylic acids is 1. The molecule has 0 radical (unpaired) electrons. The molecule has 1 aromatic carbocycles. The molecule has 1 heterocycles. The third-order valence-corrected chi connectivity index (χ3v) is 3.86. The second kappa shape index (κ2) is 5.12. The van der Waals surface area contributed by atoms with E-state index < -0.39 is 5.97 Å². The monoisotopic (exact) mass is 270 g/mol. The first-order valence-electron chi connectivity index (χ1n) is 7.08. The Morgan fingerprint density at radius 3 is 3.00 bits per heavy atom. The Balaban J connectivity index is 1.92. The molecular formula is C16H18N2O2. The summed E-state index contributed by atoms with van der Waals surface area (Å²) in [5.74, 6) is 0.230. The van der Waals surface area contributed by atoms with Crippen molar-refractivity contribution in [2.75, 3.05) is 5.32 Å². The van der Waals surface area contributed by atoms with Crippen molar-refractivity contribution in [3.63, 3.8) is 0 Å². The third kappa shape index (κ3) is 2.46. The fourth-order valence-electron chi connectivity index (χ4n) is 2.68. The average molecular weight is 270 g/mol. The molecule has 1 fully saturated rings. The van der Waals surface area contributed by atoms with Gasteiger partial charge in [0, 0.05) is 11.4 Å². The van der Waals surface area contributed by atoms with E-state index in [1.165, 1.54) is 12.8 Å². The molecule has 0 amide bonds. The molecule has 0 spiro atoms. The Bertz CT molecular complexity index is 654. The van der Waals surface area contributed by atoms with Crippen LogP contribution in [0.5, 0.6) is 0 Å². The summed E-state index contributed by atoms with van der Waals surface area (Å²) in [7, 11) is 0. The van der Waals surface area contributed by atoms with Gasteiger partial charge in [0.05, 0.1) is 5.52 Å². The van der Waals surface area contributed by atoms with E-state index in [1.807, 2.05) is 24.3 Å². The summed E-state index contributed by atoms with van der Waals surface area (Å²) in [5.41, 5.74) is 1.08. The molecule has 2 N–H and O–H groups in total. The van der Waals surface area contributed by atoms with E-state index >= 15 is 0 Å². The van der Waals surface area contributed by atoms with Crippen LogP contribution in [0, 0.1) is 5.92 Å². The first kappa shape index (κ1) is 12.9. The van der Waals surface area contributed by atoms with Crippen molar-refractivity contribution < 1.29 is 9.90 Å². The lowest BCUT2D eigenvalue weighted by Crippen LogP contribution is -2.11. The van der Waals surface area contributed by atoms with Crippen molar-refractivity contribution >= 4 is 22.7 Å². The van der Waals surface area contributed by atoms with E-state index in [9.17, 15) is 9.90 Å². The Kier molecular flexibility index (Phi) is 3.30. The predicted octanol–water partition coefficient (Wildman–Crippen LogP) is 3.53. The zero-order valence-corrected chi connectivity index (χ0v) is 11.5. The maximum atomic E-state index is 11.4. The number of para-hydroxylation sites is 1. The van der Waals surface area contributed by atoms with E-state index in [0.717, 1.165) is 17.3 Å². The highest BCUT2D eigenvalue weighted by Gasteiger charge is 2.36. The van der Waals surface area contributed by atoms with Crippen molar-refractivity contribution in [3.8, 4) is 0 Å². The molecule has 3 rings (SSSR count). The van der Waals surface area contributed by atoms with Gasteiger partial charge in [-0.1, -0.05) is 31.5 Å². The van der Waals surface area contributed by atoms with Crippen LogP contribution in [0.3, 0.4) is 0 Å². The zero-order valence-electron chi connectivity index (χ0n) is 11.5. The molecule has 2 aromatic rings. The normalized spacial score (nSPS) is 20.9. The van der Waals surface area contributed by atoms with Gasteiger partial charge in [-0.3, -0.25) is 0 Å². The predicted molar refractivity (Wildman–Crippen MR) is 79.1 cm³/mol. The largest absolute Gasteiger partial charge is 0.478 e. The van der Waals surface area contributed by atoms with E-state index in [0.29, 0.717) is 17.8 Å². The fraction of sp³-hybridized carbons (Fsp3) is 0.375. The number of anilines is 1. The van der Waals surface area contributed by atoms with Crippen LogP contribution in [-0.2, 0) is 0 Å². The highest BCUT2D eigenvalue weighted by atomic mass is 16.4. The van der Waals surface area contributed by atoms with Crippen molar-refractivity contribution in [1.82, 2.24) is 4.98 Å². The van der Waals surface area contributed by atoms with Crippen LogP contribution >= 0.6 is 0 Å². The molecule has 2 atom stereocenters. The van der Waals surface area contributed by atoms with Gasteiger partial charge in [-0.15, -0.1) is 0 Å². The van der Waals surface area contributed by atoms with E-state index in [2.05, 4.69) is 17.2 Å². The molecule has 104 valence electrons. The minimum atomic E-state index is -0.932. The summed E-state index contributed by atoms with van der Waals surface area (Å²) >= 11 is 0. The Morgan fingerprint density at radius 1 is 1.45 bits per heavy atom. The molecule has 0 saturated heterocycles. The molecule has 20 heavy (non-hydrogen) atoms. The number of pyridine rings is 1. The second-order valence-electron chi connectivity index (χ2n) is 5.42. The van der Waals surface area contributed by atoms with Gasteiger partial charge in [-0.05, 0) is 30.9 Å². The van der Waals surface area contributed by atoms with Crippen LogP contribution in [0.4, 0.5) is 5.82 Å². The van der Waals surface area contributed by atoms with Crippen LogP contribution in [0.2, 0.25) is 0 Å². The zero-order chi connectivity index (χ0) is 14.1. The van der Waals surface area contributed by atoms with Gasteiger partial charge in [0.15, 0.2) is 0 Å². The lowest BCUT2D eigenvalue weighted by atomic mass is 10.1. The Hall–Kier alpha value is -2.10. The van der Waals surface area contributed by atoms with Gasteiger partial charge >= 0.3 is 5.97 Å². The number of nitrogens with one attached hydrogen (secondary N) is 1. The molecule has 0 bridgehead atoms. The number of carboxylic acids is 1. The Morgan fingerprint density at radius 2 is 2.25 bits per heavy atom. The van der Waals surface area contributed by atoms with Crippen LogP contribution in [0.15, 0.2) is 30.3 Å². The number of carboxylic acid groups (broad SMARTS) is 1.